The van der Waals surface area contributed by atoms with E-state index in [9.17, 15) is 22.8 Å². The summed E-state index contributed by atoms with van der Waals surface area (Å²) in [5.74, 6) is -1.000. The highest BCUT2D eigenvalue weighted by molar-refractivity contribution is 7.13. The van der Waals surface area contributed by atoms with Crippen LogP contribution in [0.15, 0.2) is 35.7 Å². The Bertz CT molecular complexity index is 750. The third kappa shape index (κ3) is 6.36. The second-order valence-corrected chi connectivity index (χ2v) is 6.31. The summed E-state index contributed by atoms with van der Waals surface area (Å²) < 4.78 is 37.6. The summed E-state index contributed by atoms with van der Waals surface area (Å²) in [6.07, 6.45) is -4.14. The van der Waals surface area contributed by atoms with Gasteiger partial charge in [-0.25, -0.2) is 9.78 Å². The third-order valence-electron chi connectivity index (χ3n) is 3.38. The van der Waals surface area contributed by atoms with Gasteiger partial charge in [-0.1, -0.05) is 30.3 Å². The summed E-state index contributed by atoms with van der Waals surface area (Å²) in [5, 5.41) is 14.3. The van der Waals surface area contributed by atoms with Gasteiger partial charge in [0.05, 0.1) is 0 Å². The molecule has 1 aromatic carbocycles. The summed E-state index contributed by atoms with van der Waals surface area (Å²) in [5.41, 5.74) is -0.179. The molecule has 0 bridgehead atoms. The number of benzene rings is 1. The molecule has 10 heteroatoms. The SMILES string of the molecule is O=C(O)CCC(Cc1ccccc1)NC(=O)Nc1nc(C(F)(F)F)cs1. The van der Waals surface area contributed by atoms with Crippen molar-refractivity contribution in [1.29, 1.82) is 0 Å². The zero-order chi connectivity index (χ0) is 19.2. The number of thiazole rings is 1. The lowest BCUT2D eigenvalue weighted by Gasteiger charge is -2.18. The van der Waals surface area contributed by atoms with E-state index in [0.29, 0.717) is 17.8 Å². The van der Waals surface area contributed by atoms with Gasteiger partial charge < -0.3 is 10.4 Å². The molecule has 0 radical (unpaired) electrons. The van der Waals surface area contributed by atoms with Gasteiger partial charge in [-0.15, -0.1) is 11.3 Å². The second kappa shape index (κ2) is 8.65. The molecule has 2 amide bonds. The quantitative estimate of drug-likeness (QED) is 0.675. The first-order valence-corrected chi connectivity index (χ1v) is 8.48. The van der Waals surface area contributed by atoms with Gasteiger partial charge >= 0.3 is 18.2 Å². The Kier molecular flexibility index (Phi) is 6.56. The highest BCUT2D eigenvalue weighted by Gasteiger charge is 2.34. The molecule has 0 aliphatic heterocycles. The molecule has 1 aromatic heterocycles. The minimum atomic E-state index is -4.58. The number of alkyl halides is 3. The van der Waals surface area contributed by atoms with Crippen LogP contribution in [0, 0.1) is 0 Å². The number of carbonyl (C=O) groups is 2. The highest BCUT2D eigenvalue weighted by atomic mass is 32.1. The number of nitrogens with one attached hydrogen (secondary N) is 2. The average Bonchev–Trinajstić information content (AvgIpc) is 3.02. The molecule has 140 valence electrons. The van der Waals surface area contributed by atoms with Gasteiger partial charge in [-0.3, -0.25) is 10.1 Å². The van der Waals surface area contributed by atoms with Crippen molar-refractivity contribution in [2.45, 2.75) is 31.5 Å². The Hall–Kier alpha value is -2.62. The normalized spacial score (nSPS) is 12.4. The van der Waals surface area contributed by atoms with E-state index in [0.717, 1.165) is 10.9 Å². The van der Waals surface area contributed by atoms with E-state index >= 15 is 0 Å². The Balaban J connectivity index is 1.98. The Morgan fingerprint density at radius 2 is 1.92 bits per heavy atom. The Labute approximate surface area is 151 Å². The van der Waals surface area contributed by atoms with Crippen LogP contribution in [0.2, 0.25) is 0 Å². The summed E-state index contributed by atoms with van der Waals surface area (Å²) in [7, 11) is 0. The van der Waals surface area contributed by atoms with Crippen LogP contribution in [0.1, 0.15) is 24.1 Å². The number of hydrogen-bond acceptors (Lipinski definition) is 4. The maximum atomic E-state index is 12.5. The van der Waals surface area contributed by atoms with E-state index in [1.165, 1.54) is 0 Å². The molecule has 1 unspecified atom stereocenters. The van der Waals surface area contributed by atoms with Crippen LogP contribution in [-0.2, 0) is 17.4 Å². The summed E-state index contributed by atoms with van der Waals surface area (Å²) >= 11 is 0.657. The number of nitrogens with zero attached hydrogens (tertiary/aromatic N) is 1. The van der Waals surface area contributed by atoms with Crippen molar-refractivity contribution < 1.29 is 27.9 Å². The van der Waals surface area contributed by atoms with Crippen LogP contribution in [0.25, 0.3) is 0 Å². The Morgan fingerprint density at radius 1 is 1.23 bits per heavy atom. The number of hydrogen-bond donors (Lipinski definition) is 3. The van der Waals surface area contributed by atoms with Crippen LogP contribution in [-0.4, -0.2) is 28.1 Å². The van der Waals surface area contributed by atoms with Gasteiger partial charge in [0.25, 0.3) is 0 Å². The predicted molar refractivity (Wildman–Crippen MR) is 90.1 cm³/mol. The molecule has 1 heterocycles. The zero-order valence-electron chi connectivity index (χ0n) is 13.4. The lowest BCUT2D eigenvalue weighted by Crippen LogP contribution is -2.39. The zero-order valence-corrected chi connectivity index (χ0v) is 14.2. The first-order chi connectivity index (χ1) is 12.2. The van der Waals surface area contributed by atoms with Crippen molar-refractivity contribution in [3.63, 3.8) is 0 Å². The van der Waals surface area contributed by atoms with Crippen molar-refractivity contribution >= 4 is 28.5 Å². The molecule has 2 rings (SSSR count). The van der Waals surface area contributed by atoms with Crippen LogP contribution in [0.5, 0.6) is 0 Å². The number of rotatable bonds is 7. The largest absolute Gasteiger partial charge is 0.481 e. The number of amides is 2. The second-order valence-electron chi connectivity index (χ2n) is 5.45. The highest BCUT2D eigenvalue weighted by Crippen LogP contribution is 2.31. The number of urea groups is 1. The van der Waals surface area contributed by atoms with E-state index in [4.69, 9.17) is 5.11 Å². The van der Waals surface area contributed by atoms with E-state index in [2.05, 4.69) is 15.6 Å². The fraction of sp³-hybridized carbons (Fsp3) is 0.312. The Morgan fingerprint density at radius 3 is 2.50 bits per heavy atom. The van der Waals surface area contributed by atoms with Crippen molar-refractivity contribution in [2.24, 2.45) is 0 Å². The number of halogens is 3. The maximum absolute atomic E-state index is 12.5. The van der Waals surface area contributed by atoms with Gasteiger partial charge in [-0.05, 0) is 18.4 Å². The molecule has 2 aromatic rings. The first-order valence-electron chi connectivity index (χ1n) is 7.60. The minimum Gasteiger partial charge on any atom is -0.481 e. The molecule has 6 nitrogen and oxygen atoms in total. The van der Waals surface area contributed by atoms with Crippen molar-refractivity contribution in [1.82, 2.24) is 10.3 Å². The molecular weight excluding hydrogens is 371 g/mol. The van der Waals surface area contributed by atoms with Gasteiger partial charge in [0.1, 0.15) is 0 Å². The van der Waals surface area contributed by atoms with E-state index < -0.39 is 29.9 Å². The number of carbonyl (C=O) groups excluding carboxylic acids is 1. The fourth-order valence-corrected chi connectivity index (χ4v) is 2.91. The number of anilines is 1. The van der Waals surface area contributed by atoms with Crippen molar-refractivity contribution in [3.05, 3.63) is 47.0 Å². The van der Waals surface area contributed by atoms with Crippen LogP contribution in [0.4, 0.5) is 23.1 Å². The third-order valence-corrected chi connectivity index (χ3v) is 4.14. The number of aliphatic carboxylic acids is 1. The molecule has 1 atom stereocenters. The van der Waals surface area contributed by atoms with E-state index in [1.807, 2.05) is 30.3 Å². The lowest BCUT2D eigenvalue weighted by molar-refractivity contribution is -0.140. The van der Waals surface area contributed by atoms with E-state index in [1.54, 1.807) is 0 Å². The molecule has 26 heavy (non-hydrogen) atoms. The standard InChI is InChI=1S/C16H16F3N3O3S/c17-16(18,19)12-9-26-15(21-12)22-14(25)20-11(6-7-13(23)24)8-10-4-2-1-3-5-10/h1-5,9,11H,6-8H2,(H,23,24)(H2,20,21,22,25). The molecule has 0 saturated heterocycles. The topological polar surface area (TPSA) is 91.3 Å². The molecule has 0 aliphatic rings. The molecule has 0 fully saturated rings. The van der Waals surface area contributed by atoms with Crippen LogP contribution in [0.3, 0.4) is 0 Å². The maximum Gasteiger partial charge on any atom is 0.434 e. The summed E-state index contributed by atoms with van der Waals surface area (Å²) in [6, 6.07) is 7.91. The lowest BCUT2D eigenvalue weighted by atomic mass is 10.0. The molecular formula is C16H16F3N3O3S. The average molecular weight is 387 g/mol. The van der Waals surface area contributed by atoms with Gasteiger partial charge in [0.2, 0.25) is 0 Å². The number of carboxylic acids is 1. The van der Waals surface area contributed by atoms with Crippen molar-refractivity contribution in [3.8, 4) is 0 Å². The summed E-state index contributed by atoms with van der Waals surface area (Å²) in [6.45, 7) is 0. The molecule has 3 N–H and O–H groups in total. The summed E-state index contributed by atoms with van der Waals surface area (Å²) in [4.78, 5) is 26.1. The first kappa shape index (κ1) is 19.7. The van der Waals surface area contributed by atoms with Crippen LogP contribution >= 0.6 is 11.3 Å². The minimum absolute atomic E-state index is 0.146. The molecule has 0 saturated carbocycles. The monoisotopic (exact) mass is 387 g/mol. The van der Waals surface area contributed by atoms with Gasteiger partial charge in [0.15, 0.2) is 10.8 Å². The van der Waals surface area contributed by atoms with Crippen molar-refractivity contribution in [2.75, 3.05) is 5.32 Å². The number of aromatic nitrogens is 1. The fourth-order valence-electron chi connectivity index (χ4n) is 2.20. The van der Waals surface area contributed by atoms with Gasteiger partial charge in [0, 0.05) is 17.8 Å². The predicted octanol–water partition coefficient (Wildman–Crippen LogP) is 3.76. The van der Waals surface area contributed by atoms with Gasteiger partial charge in [-0.2, -0.15) is 13.2 Å². The molecule has 0 spiro atoms. The van der Waals surface area contributed by atoms with Crippen LogP contribution < -0.4 is 10.6 Å². The number of carboxylic acid groups (broad SMARTS) is 1. The van der Waals surface area contributed by atoms with E-state index in [-0.39, 0.29) is 18.0 Å². The smallest absolute Gasteiger partial charge is 0.434 e. The molecule has 0 aliphatic carbocycles.